The van der Waals surface area contributed by atoms with Crippen LogP contribution in [-0.2, 0) is 9.59 Å². The fourth-order valence-electron chi connectivity index (χ4n) is 0.878. The molecule has 0 saturated carbocycles. The summed E-state index contributed by atoms with van der Waals surface area (Å²) in [4.78, 5) is 30.7. The zero-order chi connectivity index (χ0) is 11.0. The van der Waals surface area contributed by atoms with Gasteiger partial charge in [0.05, 0.1) is 0 Å². The Morgan fingerprint density at radius 1 is 1.50 bits per heavy atom. The van der Waals surface area contributed by atoms with Gasteiger partial charge >= 0.3 is 12.0 Å². The van der Waals surface area contributed by atoms with Gasteiger partial charge in [0.25, 0.3) is 0 Å². The van der Waals surface area contributed by atoms with Crippen LogP contribution >= 0.6 is 0 Å². The molecule has 0 spiro atoms. The number of rotatable bonds is 7. The normalized spacial score (nSPS) is 11.4. The molecular formula is C7H13N3O4. The number of nitrogens with two attached hydrogens (primary N) is 1. The molecule has 0 aromatic carbocycles. The SMILES string of the molecule is NC(=O)NCCCC(NC=O)C(=O)O. The molecule has 0 aliphatic rings. The standard InChI is InChI=1S/C7H13N3O4/c8-7(14)9-3-1-2-5(6(12)13)10-4-11/h4-5H,1-3H2,(H,10,11)(H,12,13)(H3,8,9,14). The Morgan fingerprint density at radius 2 is 2.14 bits per heavy atom. The Kier molecular flexibility index (Phi) is 5.84. The Bertz CT molecular complexity index is 219. The topological polar surface area (TPSA) is 122 Å². The number of hydrogen-bond donors (Lipinski definition) is 4. The second-order valence-corrected chi connectivity index (χ2v) is 2.61. The molecule has 0 aliphatic heterocycles. The second-order valence-electron chi connectivity index (χ2n) is 2.61. The first-order valence-corrected chi connectivity index (χ1v) is 4.03. The lowest BCUT2D eigenvalue weighted by molar-refractivity contribution is -0.140. The molecule has 0 aromatic heterocycles. The van der Waals surface area contributed by atoms with Crippen LogP contribution in [0, 0.1) is 0 Å². The molecule has 1 unspecified atom stereocenters. The van der Waals surface area contributed by atoms with Crippen LogP contribution in [0.5, 0.6) is 0 Å². The molecule has 3 amide bonds. The molecule has 14 heavy (non-hydrogen) atoms. The molecule has 0 bridgehead atoms. The summed E-state index contributed by atoms with van der Waals surface area (Å²) in [5, 5.41) is 13.0. The van der Waals surface area contributed by atoms with Crippen molar-refractivity contribution in [2.75, 3.05) is 6.54 Å². The average molecular weight is 203 g/mol. The van der Waals surface area contributed by atoms with Crippen LogP contribution in [0.25, 0.3) is 0 Å². The van der Waals surface area contributed by atoms with E-state index in [9.17, 15) is 14.4 Å². The molecule has 5 N–H and O–H groups in total. The van der Waals surface area contributed by atoms with Gasteiger partial charge in [-0.3, -0.25) is 4.79 Å². The summed E-state index contributed by atoms with van der Waals surface area (Å²) in [6.45, 7) is 0.291. The van der Waals surface area contributed by atoms with Gasteiger partial charge < -0.3 is 21.5 Å². The van der Waals surface area contributed by atoms with Crippen LogP contribution in [0.1, 0.15) is 12.8 Å². The Hall–Kier alpha value is -1.79. The molecule has 0 aliphatic carbocycles. The van der Waals surface area contributed by atoms with E-state index in [1.807, 2.05) is 0 Å². The highest BCUT2D eigenvalue weighted by Crippen LogP contribution is 1.95. The van der Waals surface area contributed by atoms with Crippen LogP contribution < -0.4 is 16.4 Å². The van der Waals surface area contributed by atoms with E-state index in [0.29, 0.717) is 19.4 Å². The lowest BCUT2D eigenvalue weighted by atomic mass is 10.1. The number of nitrogens with one attached hydrogen (secondary N) is 2. The van der Waals surface area contributed by atoms with Crippen LogP contribution in [0.15, 0.2) is 0 Å². The zero-order valence-electron chi connectivity index (χ0n) is 7.53. The first-order valence-electron chi connectivity index (χ1n) is 4.03. The van der Waals surface area contributed by atoms with Gasteiger partial charge in [-0.25, -0.2) is 9.59 Å². The minimum atomic E-state index is -1.10. The van der Waals surface area contributed by atoms with Crippen molar-refractivity contribution in [1.29, 1.82) is 0 Å². The van der Waals surface area contributed by atoms with Gasteiger partial charge in [-0.2, -0.15) is 0 Å². The lowest BCUT2D eigenvalue weighted by Gasteiger charge is -2.10. The predicted octanol–water partition coefficient (Wildman–Crippen LogP) is -1.37. The molecule has 0 aromatic rings. The van der Waals surface area contributed by atoms with E-state index in [-0.39, 0.29) is 6.42 Å². The van der Waals surface area contributed by atoms with Crippen LogP contribution in [-0.4, -0.2) is 36.1 Å². The predicted molar refractivity (Wildman–Crippen MR) is 47.4 cm³/mol. The number of carboxylic acid groups (broad SMARTS) is 1. The Morgan fingerprint density at radius 3 is 2.57 bits per heavy atom. The summed E-state index contributed by atoms with van der Waals surface area (Å²) in [6.07, 6.45) is 1.01. The highest BCUT2D eigenvalue weighted by Gasteiger charge is 2.14. The first kappa shape index (κ1) is 12.2. The quantitative estimate of drug-likeness (QED) is 0.301. The van der Waals surface area contributed by atoms with Crippen LogP contribution in [0.2, 0.25) is 0 Å². The van der Waals surface area contributed by atoms with Crippen LogP contribution in [0.4, 0.5) is 4.79 Å². The highest BCUT2D eigenvalue weighted by atomic mass is 16.4. The summed E-state index contributed by atoms with van der Waals surface area (Å²) in [7, 11) is 0. The number of carbonyl (C=O) groups is 3. The summed E-state index contributed by atoms with van der Waals surface area (Å²) in [5.74, 6) is -1.10. The number of carbonyl (C=O) groups excluding carboxylic acids is 2. The maximum Gasteiger partial charge on any atom is 0.326 e. The van der Waals surface area contributed by atoms with Gasteiger partial charge in [0, 0.05) is 6.54 Å². The summed E-state index contributed by atoms with van der Waals surface area (Å²) >= 11 is 0. The molecule has 0 radical (unpaired) electrons. The molecule has 7 nitrogen and oxygen atoms in total. The Balaban J connectivity index is 3.66. The monoisotopic (exact) mass is 203 g/mol. The van der Waals surface area contributed by atoms with Gasteiger partial charge in [0.15, 0.2) is 0 Å². The molecule has 1 atom stereocenters. The molecule has 0 fully saturated rings. The van der Waals surface area contributed by atoms with Crippen molar-refractivity contribution in [3.63, 3.8) is 0 Å². The van der Waals surface area contributed by atoms with Gasteiger partial charge in [0.2, 0.25) is 6.41 Å². The van der Waals surface area contributed by atoms with Crippen molar-refractivity contribution in [3.8, 4) is 0 Å². The van der Waals surface area contributed by atoms with E-state index in [2.05, 4.69) is 10.6 Å². The summed E-state index contributed by atoms with van der Waals surface area (Å²) in [5.41, 5.74) is 4.79. The molecule has 0 heterocycles. The third-order valence-corrected chi connectivity index (χ3v) is 1.54. The van der Waals surface area contributed by atoms with Gasteiger partial charge in [0.1, 0.15) is 6.04 Å². The smallest absolute Gasteiger partial charge is 0.326 e. The number of aliphatic carboxylic acids is 1. The van der Waals surface area contributed by atoms with E-state index in [1.54, 1.807) is 0 Å². The third kappa shape index (κ3) is 5.81. The van der Waals surface area contributed by atoms with Gasteiger partial charge in [-0.1, -0.05) is 0 Å². The van der Waals surface area contributed by atoms with E-state index >= 15 is 0 Å². The van der Waals surface area contributed by atoms with E-state index in [0.717, 1.165) is 0 Å². The van der Waals surface area contributed by atoms with Crippen molar-refractivity contribution in [2.45, 2.75) is 18.9 Å². The fourth-order valence-corrected chi connectivity index (χ4v) is 0.878. The van der Waals surface area contributed by atoms with Crippen molar-refractivity contribution >= 4 is 18.4 Å². The van der Waals surface area contributed by atoms with Crippen LogP contribution in [0.3, 0.4) is 0 Å². The minimum Gasteiger partial charge on any atom is -0.480 e. The zero-order valence-corrected chi connectivity index (χ0v) is 7.53. The van der Waals surface area contributed by atoms with Crippen molar-refractivity contribution in [3.05, 3.63) is 0 Å². The van der Waals surface area contributed by atoms with Crippen molar-refractivity contribution in [1.82, 2.24) is 10.6 Å². The molecule has 7 heteroatoms. The van der Waals surface area contributed by atoms with Crippen molar-refractivity contribution < 1.29 is 19.5 Å². The van der Waals surface area contributed by atoms with Gasteiger partial charge in [-0.05, 0) is 12.8 Å². The lowest BCUT2D eigenvalue weighted by Crippen LogP contribution is -2.37. The molecular weight excluding hydrogens is 190 g/mol. The number of urea groups is 1. The first-order chi connectivity index (χ1) is 6.57. The highest BCUT2D eigenvalue weighted by molar-refractivity contribution is 5.76. The average Bonchev–Trinajstić information content (AvgIpc) is 2.09. The van der Waals surface area contributed by atoms with E-state index in [1.165, 1.54) is 0 Å². The molecule has 80 valence electrons. The van der Waals surface area contributed by atoms with Gasteiger partial charge in [-0.15, -0.1) is 0 Å². The Labute approximate surface area is 80.6 Å². The largest absolute Gasteiger partial charge is 0.480 e. The number of carboxylic acids is 1. The summed E-state index contributed by atoms with van der Waals surface area (Å²) < 4.78 is 0. The maximum absolute atomic E-state index is 10.5. The third-order valence-electron chi connectivity index (χ3n) is 1.54. The van der Waals surface area contributed by atoms with E-state index < -0.39 is 18.0 Å². The number of amides is 3. The minimum absolute atomic E-state index is 0.244. The second kappa shape index (κ2) is 6.70. The molecule has 0 saturated heterocycles. The fraction of sp³-hybridized carbons (Fsp3) is 0.571. The maximum atomic E-state index is 10.5. The van der Waals surface area contributed by atoms with Crippen molar-refractivity contribution in [2.24, 2.45) is 5.73 Å². The number of hydrogen-bond acceptors (Lipinski definition) is 3. The molecule has 0 rings (SSSR count). The summed E-state index contributed by atoms with van der Waals surface area (Å²) in [6, 6.07) is -1.57. The van der Waals surface area contributed by atoms with E-state index in [4.69, 9.17) is 10.8 Å². The number of primary amides is 1.